The second-order valence-electron chi connectivity index (χ2n) is 3.57. The van der Waals surface area contributed by atoms with Crippen molar-refractivity contribution in [2.45, 2.75) is 6.61 Å². The van der Waals surface area contributed by atoms with Gasteiger partial charge in [-0.2, -0.15) is 0 Å². The minimum Gasteiger partial charge on any atom is -0.457 e. The number of hydrogen-bond acceptors (Lipinski definition) is 3. The van der Waals surface area contributed by atoms with Crippen LogP contribution in [-0.4, -0.2) is 11.0 Å². The van der Waals surface area contributed by atoms with Crippen molar-refractivity contribution in [2.24, 2.45) is 0 Å². The van der Waals surface area contributed by atoms with Gasteiger partial charge in [0.1, 0.15) is 11.2 Å². The van der Waals surface area contributed by atoms with E-state index in [1.807, 2.05) is 24.3 Å². The molecule has 2 aromatic rings. The van der Waals surface area contributed by atoms with Gasteiger partial charge in [0, 0.05) is 10.7 Å². The summed E-state index contributed by atoms with van der Waals surface area (Å²) in [6.07, 6.45) is 1.56. The summed E-state index contributed by atoms with van der Waals surface area (Å²) in [5, 5.41) is 0. The van der Waals surface area contributed by atoms with Crippen LogP contribution < -0.4 is 0 Å². The van der Waals surface area contributed by atoms with Gasteiger partial charge in [-0.25, -0.2) is 9.78 Å². The summed E-state index contributed by atoms with van der Waals surface area (Å²) in [5.74, 6) is -0.360. The standard InChI is InChI=1S/C13H9Br2NO2/c14-11-3-1-9(2-4-11)8-18-13(17)10-5-6-16-12(15)7-10/h1-7H,8H2. The second kappa shape index (κ2) is 6.11. The van der Waals surface area contributed by atoms with Crippen molar-refractivity contribution in [3.63, 3.8) is 0 Å². The molecule has 0 aliphatic carbocycles. The van der Waals surface area contributed by atoms with Gasteiger partial charge in [0.25, 0.3) is 0 Å². The molecular formula is C13H9Br2NO2. The first-order chi connectivity index (χ1) is 8.65. The summed E-state index contributed by atoms with van der Waals surface area (Å²) in [4.78, 5) is 15.7. The van der Waals surface area contributed by atoms with Gasteiger partial charge in [-0.05, 0) is 45.8 Å². The molecule has 1 heterocycles. The fraction of sp³-hybridized carbons (Fsp3) is 0.0769. The van der Waals surface area contributed by atoms with Crippen LogP contribution in [0.1, 0.15) is 15.9 Å². The minimum absolute atomic E-state index is 0.256. The molecule has 0 radical (unpaired) electrons. The highest BCUT2D eigenvalue weighted by Crippen LogP contribution is 2.13. The number of carbonyl (C=O) groups excluding carboxylic acids is 1. The number of halogens is 2. The Hall–Kier alpha value is -1.20. The number of ether oxygens (including phenoxy) is 1. The van der Waals surface area contributed by atoms with Crippen molar-refractivity contribution >= 4 is 37.8 Å². The smallest absolute Gasteiger partial charge is 0.338 e. The molecule has 0 saturated carbocycles. The Labute approximate surface area is 121 Å². The molecule has 0 unspecified atom stereocenters. The first kappa shape index (κ1) is 13.2. The van der Waals surface area contributed by atoms with Crippen LogP contribution in [0.25, 0.3) is 0 Å². The van der Waals surface area contributed by atoms with Gasteiger partial charge in [0.2, 0.25) is 0 Å². The monoisotopic (exact) mass is 369 g/mol. The maximum atomic E-state index is 11.8. The van der Waals surface area contributed by atoms with Crippen LogP contribution in [0, 0.1) is 0 Å². The van der Waals surface area contributed by atoms with Gasteiger partial charge < -0.3 is 4.74 Å². The summed E-state index contributed by atoms with van der Waals surface area (Å²) in [5.41, 5.74) is 1.42. The largest absolute Gasteiger partial charge is 0.457 e. The molecule has 0 atom stereocenters. The molecule has 0 saturated heterocycles. The molecule has 0 bridgehead atoms. The average molecular weight is 371 g/mol. The summed E-state index contributed by atoms with van der Waals surface area (Å²) < 4.78 is 6.81. The number of hydrogen-bond donors (Lipinski definition) is 0. The molecule has 3 nitrogen and oxygen atoms in total. The third-order valence-electron chi connectivity index (χ3n) is 2.25. The first-order valence-corrected chi connectivity index (χ1v) is 6.77. The van der Waals surface area contributed by atoms with E-state index in [2.05, 4.69) is 36.8 Å². The van der Waals surface area contributed by atoms with Crippen LogP contribution in [0.3, 0.4) is 0 Å². The van der Waals surface area contributed by atoms with E-state index >= 15 is 0 Å². The highest BCUT2D eigenvalue weighted by Gasteiger charge is 2.07. The lowest BCUT2D eigenvalue weighted by Crippen LogP contribution is -2.05. The number of benzene rings is 1. The Kier molecular flexibility index (Phi) is 4.49. The van der Waals surface area contributed by atoms with E-state index < -0.39 is 0 Å². The average Bonchev–Trinajstić information content (AvgIpc) is 2.38. The summed E-state index contributed by atoms with van der Waals surface area (Å²) in [7, 11) is 0. The SMILES string of the molecule is O=C(OCc1ccc(Br)cc1)c1ccnc(Br)c1. The van der Waals surface area contributed by atoms with Crippen molar-refractivity contribution in [1.82, 2.24) is 4.98 Å². The lowest BCUT2D eigenvalue weighted by molar-refractivity contribution is 0.0472. The lowest BCUT2D eigenvalue weighted by Gasteiger charge is -2.05. The van der Waals surface area contributed by atoms with Gasteiger partial charge in [-0.15, -0.1) is 0 Å². The third-order valence-corrected chi connectivity index (χ3v) is 3.21. The van der Waals surface area contributed by atoms with Crippen molar-refractivity contribution in [3.8, 4) is 0 Å². The molecule has 0 aliphatic rings. The summed E-state index contributed by atoms with van der Waals surface area (Å²) >= 11 is 6.56. The molecule has 18 heavy (non-hydrogen) atoms. The third kappa shape index (κ3) is 3.65. The van der Waals surface area contributed by atoms with Crippen LogP contribution in [0.5, 0.6) is 0 Å². The van der Waals surface area contributed by atoms with Crippen LogP contribution in [0.15, 0.2) is 51.7 Å². The van der Waals surface area contributed by atoms with Gasteiger partial charge in [-0.1, -0.05) is 28.1 Å². The number of carbonyl (C=O) groups is 1. The normalized spacial score (nSPS) is 10.1. The molecule has 0 amide bonds. The van der Waals surface area contributed by atoms with Crippen molar-refractivity contribution < 1.29 is 9.53 Å². The fourth-order valence-corrected chi connectivity index (χ4v) is 1.97. The van der Waals surface area contributed by atoms with E-state index in [1.54, 1.807) is 18.3 Å². The highest BCUT2D eigenvalue weighted by atomic mass is 79.9. The topological polar surface area (TPSA) is 39.2 Å². The van der Waals surface area contributed by atoms with E-state index in [0.717, 1.165) is 10.0 Å². The predicted molar refractivity (Wildman–Crippen MR) is 75.2 cm³/mol. The van der Waals surface area contributed by atoms with E-state index in [9.17, 15) is 4.79 Å². The maximum Gasteiger partial charge on any atom is 0.338 e. The van der Waals surface area contributed by atoms with Gasteiger partial charge >= 0.3 is 5.97 Å². The van der Waals surface area contributed by atoms with Crippen molar-refractivity contribution in [3.05, 3.63) is 62.8 Å². The lowest BCUT2D eigenvalue weighted by atomic mass is 10.2. The molecule has 0 N–H and O–H groups in total. The summed E-state index contributed by atoms with van der Waals surface area (Å²) in [6, 6.07) is 10.9. The van der Waals surface area contributed by atoms with E-state index in [0.29, 0.717) is 10.2 Å². The first-order valence-electron chi connectivity index (χ1n) is 5.18. The molecule has 0 aliphatic heterocycles. The number of aromatic nitrogens is 1. The Bertz CT molecular complexity index is 555. The molecule has 92 valence electrons. The Morgan fingerprint density at radius 1 is 1.17 bits per heavy atom. The minimum atomic E-state index is -0.360. The Morgan fingerprint density at radius 3 is 2.56 bits per heavy atom. The highest BCUT2D eigenvalue weighted by molar-refractivity contribution is 9.10. The number of rotatable bonds is 3. The summed E-state index contributed by atoms with van der Waals surface area (Å²) in [6.45, 7) is 0.256. The number of esters is 1. The quantitative estimate of drug-likeness (QED) is 0.606. The molecular weight excluding hydrogens is 362 g/mol. The molecule has 0 spiro atoms. The van der Waals surface area contributed by atoms with E-state index in [4.69, 9.17) is 4.74 Å². The van der Waals surface area contributed by atoms with Crippen LogP contribution in [0.4, 0.5) is 0 Å². The van der Waals surface area contributed by atoms with Crippen LogP contribution in [0.2, 0.25) is 0 Å². The zero-order valence-corrected chi connectivity index (χ0v) is 12.4. The number of nitrogens with zero attached hydrogens (tertiary/aromatic N) is 1. The zero-order valence-electron chi connectivity index (χ0n) is 9.27. The fourth-order valence-electron chi connectivity index (χ4n) is 1.34. The molecule has 2 rings (SSSR count). The van der Waals surface area contributed by atoms with Gasteiger partial charge in [-0.3, -0.25) is 0 Å². The van der Waals surface area contributed by atoms with Crippen molar-refractivity contribution in [2.75, 3.05) is 0 Å². The Morgan fingerprint density at radius 2 is 1.89 bits per heavy atom. The van der Waals surface area contributed by atoms with Crippen LogP contribution in [-0.2, 0) is 11.3 Å². The second-order valence-corrected chi connectivity index (χ2v) is 5.30. The predicted octanol–water partition coefficient (Wildman–Crippen LogP) is 3.96. The van der Waals surface area contributed by atoms with Gasteiger partial charge in [0.05, 0.1) is 5.56 Å². The van der Waals surface area contributed by atoms with Crippen LogP contribution >= 0.6 is 31.9 Å². The number of pyridine rings is 1. The van der Waals surface area contributed by atoms with E-state index in [-0.39, 0.29) is 12.6 Å². The van der Waals surface area contributed by atoms with E-state index in [1.165, 1.54) is 0 Å². The molecule has 1 aromatic carbocycles. The zero-order chi connectivity index (χ0) is 13.0. The molecule has 1 aromatic heterocycles. The van der Waals surface area contributed by atoms with Gasteiger partial charge in [0.15, 0.2) is 0 Å². The maximum absolute atomic E-state index is 11.8. The molecule has 5 heteroatoms. The Balaban J connectivity index is 1.98. The molecule has 0 fully saturated rings. The van der Waals surface area contributed by atoms with Crippen molar-refractivity contribution in [1.29, 1.82) is 0 Å².